The lowest BCUT2D eigenvalue weighted by molar-refractivity contribution is -0.121. The van der Waals surface area contributed by atoms with Crippen LogP contribution in [0.4, 0.5) is 0 Å². The van der Waals surface area contributed by atoms with Crippen molar-refractivity contribution in [3.63, 3.8) is 0 Å². The van der Waals surface area contributed by atoms with Gasteiger partial charge in [0.15, 0.2) is 0 Å². The number of hydrogen-bond acceptors (Lipinski definition) is 3. The summed E-state index contributed by atoms with van der Waals surface area (Å²) >= 11 is 0. The molecule has 0 aliphatic heterocycles. The Hall–Kier alpha value is -3.21. The minimum Gasteiger partial charge on any atom is -0.354 e. The number of carbonyl (C=O) groups is 2. The van der Waals surface area contributed by atoms with E-state index < -0.39 is 0 Å². The van der Waals surface area contributed by atoms with Crippen molar-refractivity contribution in [2.24, 2.45) is 0 Å². The van der Waals surface area contributed by atoms with Gasteiger partial charge in [-0.25, -0.2) is 0 Å². The van der Waals surface area contributed by atoms with E-state index in [0.717, 1.165) is 44.9 Å². The molecule has 0 atom stereocenters. The maximum absolute atomic E-state index is 12.1. The number of aromatic nitrogens is 1. The number of unbranched alkanes of at least 4 members (excludes halogenated alkanes) is 1. The van der Waals surface area contributed by atoms with Crippen molar-refractivity contribution in [2.45, 2.75) is 65.2 Å². The zero-order valence-electron chi connectivity index (χ0n) is 20.8. The highest BCUT2D eigenvalue weighted by Crippen LogP contribution is 2.03. The van der Waals surface area contributed by atoms with E-state index in [1.165, 1.54) is 0 Å². The summed E-state index contributed by atoms with van der Waals surface area (Å²) in [5.74, 6) is -0.155. The molecule has 0 spiro atoms. The van der Waals surface area contributed by atoms with Crippen LogP contribution in [0.15, 0.2) is 79.1 Å². The van der Waals surface area contributed by atoms with E-state index in [1.54, 1.807) is 25.3 Å². The first-order valence-electron chi connectivity index (χ1n) is 12.4. The lowest BCUT2D eigenvalue weighted by Gasteiger charge is -2.08. The van der Waals surface area contributed by atoms with Crippen LogP contribution in [0, 0.1) is 6.92 Å². The van der Waals surface area contributed by atoms with Crippen LogP contribution in [0.5, 0.6) is 0 Å². The van der Waals surface area contributed by atoms with Crippen LogP contribution in [0.25, 0.3) is 0 Å². The number of pyridine rings is 1. The number of hydrogen-bond donors (Lipinski definition) is 2. The summed E-state index contributed by atoms with van der Waals surface area (Å²) in [5, 5.41) is 5.64. The SMILES string of the molecule is CCC=CCC=CCC=CCC=CCC=CCCCC(=O)NCCNC(=O)c1cccnc1C. The second-order valence-corrected chi connectivity index (χ2v) is 7.84. The highest BCUT2D eigenvalue weighted by Gasteiger charge is 2.08. The number of amides is 2. The van der Waals surface area contributed by atoms with E-state index in [0.29, 0.717) is 30.8 Å². The highest BCUT2D eigenvalue weighted by molar-refractivity contribution is 5.95. The summed E-state index contributed by atoms with van der Waals surface area (Å²) < 4.78 is 0. The molecule has 0 aliphatic carbocycles. The predicted octanol–water partition coefficient (Wildman–Crippen LogP) is 6.16. The molecule has 5 heteroatoms. The zero-order valence-corrected chi connectivity index (χ0v) is 20.8. The third-order valence-corrected chi connectivity index (χ3v) is 4.92. The molecule has 0 aromatic carbocycles. The summed E-state index contributed by atoms with van der Waals surface area (Å²) in [6.45, 7) is 4.76. The van der Waals surface area contributed by atoms with Crippen LogP contribution in [-0.4, -0.2) is 29.9 Å². The molecule has 0 aliphatic rings. The Morgan fingerprint density at radius 1 is 0.824 bits per heavy atom. The minimum absolute atomic E-state index is 0.0131. The number of rotatable bonds is 17. The van der Waals surface area contributed by atoms with Crippen LogP contribution in [-0.2, 0) is 4.79 Å². The molecule has 2 N–H and O–H groups in total. The molecular weight excluding hydrogens is 422 g/mol. The maximum atomic E-state index is 12.1. The van der Waals surface area contributed by atoms with E-state index >= 15 is 0 Å². The third kappa shape index (κ3) is 15.6. The van der Waals surface area contributed by atoms with Crippen LogP contribution in [0.3, 0.4) is 0 Å². The normalized spacial score (nSPS) is 12.1. The molecule has 0 bridgehead atoms. The van der Waals surface area contributed by atoms with Gasteiger partial charge in [-0.3, -0.25) is 14.6 Å². The van der Waals surface area contributed by atoms with E-state index in [4.69, 9.17) is 0 Å². The minimum atomic E-state index is -0.168. The smallest absolute Gasteiger partial charge is 0.253 e. The van der Waals surface area contributed by atoms with Gasteiger partial charge < -0.3 is 10.6 Å². The van der Waals surface area contributed by atoms with Crippen molar-refractivity contribution in [1.29, 1.82) is 0 Å². The first-order valence-corrected chi connectivity index (χ1v) is 12.4. The van der Waals surface area contributed by atoms with Crippen molar-refractivity contribution in [3.8, 4) is 0 Å². The monoisotopic (exact) mass is 463 g/mol. The molecule has 1 aromatic rings. The maximum Gasteiger partial charge on any atom is 0.253 e. The average Bonchev–Trinajstić information content (AvgIpc) is 2.84. The Morgan fingerprint density at radius 2 is 1.38 bits per heavy atom. The summed E-state index contributed by atoms with van der Waals surface area (Å²) in [7, 11) is 0. The summed E-state index contributed by atoms with van der Waals surface area (Å²) in [6.07, 6.45) is 30.6. The molecular formula is C29H41N3O2. The van der Waals surface area contributed by atoms with Gasteiger partial charge in [0, 0.05) is 31.4 Å². The number of aryl methyl sites for hydroxylation is 1. The summed E-state index contributed by atoms with van der Waals surface area (Å²) in [6, 6.07) is 3.48. The van der Waals surface area contributed by atoms with E-state index in [9.17, 15) is 9.59 Å². The fraction of sp³-hybridized carbons (Fsp3) is 0.414. The van der Waals surface area contributed by atoms with Crippen molar-refractivity contribution < 1.29 is 9.59 Å². The molecule has 0 fully saturated rings. The van der Waals surface area contributed by atoms with Gasteiger partial charge in [0.1, 0.15) is 0 Å². The van der Waals surface area contributed by atoms with Crippen molar-refractivity contribution >= 4 is 11.8 Å². The van der Waals surface area contributed by atoms with E-state index in [-0.39, 0.29) is 11.8 Å². The van der Waals surface area contributed by atoms with Crippen LogP contribution < -0.4 is 10.6 Å². The predicted molar refractivity (Wildman–Crippen MR) is 143 cm³/mol. The molecule has 1 heterocycles. The second-order valence-electron chi connectivity index (χ2n) is 7.84. The number of carbonyl (C=O) groups excluding carboxylic acids is 2. The molecule has 0 radical (unpaired) electrons. The highest BCUT2D eigenvalue weighted by atomic mass is 16.2. The summed E-state index contributed by atoms with van der Waals surface area (Å²) in [5.41, 5.74) is 1.25. The first-order chi connectivity index (χ1) is 16.6. The van der Waals surface area contributed by atoms with Gasteiger partial charge in [0.2, 0.25) is 5.91 Å². The largest absolute Gasteiger partial charge is 0.354 e. The fourth-order valence-corrected chi connectivity index (χ4v) is 3.03. The van der Waals surface area contributed by atoms with Gasteiger partial charge in [-0.05, 0) is 64.0 Å². The number of nitrogens with one attached hydrogen (secondary N) is 2. The Morgan fingerprint density at radius 3 is 1.97 bits per heavy atom. The second kappa shape index (κ2) is 20.4. The van der Waals surface area contributed by atoms with Gasteiger partial charge in [0.25, 0.3) is 5.91 Å². The van der Waals surface area contributed by atoms with E-state index in [1.807, 2.05) is 0 Å². The van der Waals surface area contributed by atoms with Gasteiger partial charge in [0.05, 0.1) is 5.56 Å². The zero-order chi connectivity index (χ0) is 24.7. The van der Waals surface area contributed by atoms with Gasteiger partial charge in [-0.1, -0.05) is 67.7 Å². The number of nitrogens with zero attached hydrogens (tertiary/aromatic N) is 1. The molecule has 1 aromatic heterocycles. The Bertz CT molecular complexity index is 851. The lowest BCUT2D eigenvalue weighted by atomic mass is 10.2. The van der Waals surface area contributed by atoms with Crippen molar-refractivity contribution in [3.05, 3.63) is 90.3 Å². The van der Waals surface area contributed by atoms with Crippen LogP contribution >= 0.6 is 0 Å². The first kappa shape index (κ1) is 28.8. The summed E-state index contributed by atoms with van der Waals surface area (Å²) in [4.78, 5) is 28.1. The topological polar surface area (TPSA) is 71.1 Å². The van der Waals surface area contributed by atoms with Crippen LogP contribution in [0.2, 0.25) is 0 Å². The number of allylic oxidation sites excluding steroid dienone is 10. The third-order valence-electron chi connectivity index (χ3n) is 4.92. The molecule has 0 saturated carbocycles. The fourth-order valence-electron chi connectivity index (χ4n) is 3.03. The van der Waals surface area contributed by atoms with Gasteiger partial charge in [-0.2, -0.15) is 0 Å². The van der Waals surface area contributed by atoms with Crippen molar-refractivity contribution in [2.75, 3.05) is 13.1 Å². The lowest BCUT2D eigenvalue weighted by Crippen LogP contribution is -2.34. The Labute approximate surface area is 205 Å². The molecule has 0 unspecified atom stereocenters. The van der Waals surface area contributed by atoms with Crippen molar-refractivity contribution in [1.82, 2.24) is 15.6 Å². The Balaban J connectivity index is 1.98. The molecule has 0 saturated heterocycles. The Kier molecular flexibility index (Phi) is 17.3. The van der Waals surface area contributed by atoms with E-state index in [2.05, 4.69) is 83.3 Å². The van der Waals surface area contributed by atoms with Gasteiger partial charge >= 0.3 is 0 Å². The van der Waals surface area contributed by atoms with Gasteiger partial charge in [-0.15, -0.1) is 0 Å². The molecule has 1 rings (SSSR count). The average molecular weight is 464 g/mol. The molecule has 5 nitrogen and oxygen atoms in total. The molecule has 184 valence electrons. The quantitative estimate of drug-likeness (QED) is 0.215. The molecule has 34 heavy (non-hydrogen) atoms. The van der Waals surface area contributed by atoms with Crippen LogP contribution in [0.1, 0.15) is 74.3 Å². The standard InChI is InChI=1S/C29H41N3O2/c1-3-4-5-6-7-8-9-10-11-12-13-14-15-16-17-18-19-22-28(33)31-24-25-32-29(34)27-21-20-23-30-26(27)2/h4-5,7-8,10-11,13-14,16-17,20-21,23H,3,6,9,12,15,18-19,22,24-25H2,1-2H3,(H,31,33)(H,32,34). The molecule has 2 amide bonds.